The molecule has 0 saturated carbocycles. The molecule has 24 heavy (non-hydrogen) atoms. The highest BCUT2D eigenvalue weighted by atomic mass is 16.5. The number of aromatic carboxylic acids is 1. The van der Waals surface area contributed by atoms with Crippen LogP contribution in [0.2, 0.25) is 0 Å². The molecule has 0 bridgehead atoms. The fourth-order valence-corrected chi connectivity index (χ4v) is 2.43. The number of hydrogen-bond donors (Lipinski definition) is 2. The molecular formula is C18H21NO5. The summed E-state index contributed by atoms with van der Waals surface area (Å²) in [7, 11) is 1.49. The van der Waals surface area contributed by atoms with E-state index >= 15 is 0 Å². The third-order valence-electron chi connectivity index (χ3n) is 3.74. The molecule has 1 heterocycles. The van der Waals surface area contributed by atoms with E-state index < -0.39 is 5.97 Å². The highest BCUT2D eigenvalue weighted by Crippen LogP contribution is 2.22. The lowest BCUT2D eigenvalue weighted by Crippen LogP contribution is -2.26. The Morgan fingerprint density at radius 2 is 2.04 bits per heavy atom. The van der Waals surface area contributed by atoms with Crippen molar-refractivity contribution in [1.29, 1.82) is 0 Å². The Kier molecular flexibility index (Phi) is 5.63. The fourth-order valence-electron chi connectivity index (χ4n) is 2.43. The van der Waals surface area contributed by atoms with Crippen molar-refractivity contribution in [2.75, 3.05) is 13.7 Å². The first-order chi connectivity index (χ1) is 11.4. The number of carbonyl (C=O) groups excluding carboxylic acids is 1. The second-order valence-corrected chi connectivity index (χ2v) is 5.70. The number of rotatable bonds is 7. The molecule has 6 nitrogen and oxygen atoms in total. The Balaban J connectivity index is 2.00. The van der Waals surface area contributed by atoms with E-state index in [0.29, 0.717) is 24.5 Å². The summed E-state index contributed by atoms with van der Waals surface area (Å²) in [4.78, 5) is 23.2. The molecule has 6 heteroatoms. The molecule has 0 fully saturated rings. The largest absolute Gasteiger partial charge is 0.496 e. The van der Waals surface area contributed by atoms with Crippen LogP contribution in [-0.4, -0.2) is 30.6 Å². The number of amides is 1. The van der Waals surface area contributed by atoms with E-state index in [0.717, 1.165) is 11.1 Å². The van der Waals surface area contributed by atoms with Crippen molar-refractivity contribution in [3.63, 3.8) is 0 Å². The summed E-state index contributed by atoms with van der Waals surface area (Å²) >= 11 is 0. The van der Waals surface area contributed by atoms with Gasteiger partial charge in [0.2, 0.25) is 0 Å². The van der Waals surface area contributed by atoms with E-state index in [9.17, 15) is 9.59 Å². The smallest absolute Gasteiger partial charge is 0.335 e. The molecule has 0 atom stereocenters. The van der Waals surface area contributed by atoms with Gasteiger partial charge in [0.1, 0.15) is 5.75 Å². The molecule has 0 radical (unpaired) electrons. The van der Waals surface area contributed by atoms with E-state index in [2.05, 4.69) is 5.32 Å². The Morgan fingerprint density at radius 3 is 2.67 bits per heavy atom. The number of nitrogens with one attached hydrogen (secondary N) is 1. The second-order valence-electron chi connectivity index (χ2n) is 5.70. The van der Waals surface area contributed by atoms with Crippen molar-refractivity contribution in [2.45, 2.75) is 26.2 Å². The van der Waals surface area contributed by atoms with Crippen LogP contribution >= 0.6 is 0 Å². The molecule has 2 N–H and O–H groups in total. The molecule has 0 aliphatic rings. The lowest BCUT2D eigenvalue weighted by atomic mass is 10.0. The van der Waals surface area contributed by atoms with Crippen LogP contribution in [0.4, 0.5) is 0 Å². The summed E-state index contributed by atoms with van der Waals surface area (Å²) in [6, 6.07) is 6.49. The van der Waals surface area contributed by atoms with Crippen molar-refractivity contribution in [2.24, 2.45) is 0 Å². The summed E-state index contributed by atoms with van der Waals surface area (Å²) in [5.74, 6) is -0.242. The van der Waals surface area contributed by atoms with Gasteiger partial charge in [-0.05, 0) is 36.1 Å². The van der Waals surface area contributed by atoms with Crippen LogP contribution in [0.5, 0.6) is 5.75 Å². The van der Waals surface area contributed by atoms with E-state index in [1.807, 2.05) is 13.8 Å². The van der Waals surface area contributed by atoms with Crippen LogP contribution in [-0.2, 0) is 6.42 Å². The van der Waals surface area contributed by atoms with Crippen LogP contribution in [0, 0.1) is 0 Å². The number of hydrogen-bond acceptors (Lipinski definition) is 4. The van der Waals surface area contributed by atoms with E-state index in [4.69, 9.17) is 14.3 Å². The van der Waals surface area contributed by atoms with E-state index in [1.54, 1.807) is 12.1 Å². The number of ether oxygens (including phenoxy) is 1. The van der Waals surface area contributed by atoms with Crippen LogP contribution in [0.25, 0.3) is 0 Å². The summed E-state index contributed by atoms with van der Waals surface area (Å²) in [6.07, 6.45) is 2.03. The number of furan rings is 1. The molecule has 2 rings (SSSR count). The molecule has 0 aliphatic carbocycles. The summed E-state index contributed by atoms with van der Waals surface area (Å²) in [6.45, 7) is 4.38. The van der Waals surface area contributed by atoms with Gasteiger partial charge in [0.25, 0.3) is 5.91 Å². The molecule has 0 aliphatic heterocycles. The molecule has 1 amide bonds. The van der Waals surface area contributed by atoms with Gasteiger partial charge >= 0.3 is 5.97 Å². The maximum atomic E-state index is 12.2. The van der Waals surface area contributed by atoms with Gasteiger partial charge in [0.05, 0.1) is 18.9 Å². The third-order valence-corrected chi connectivity index (χ3v) is 3.74. The number of methoxy groups -OCH3 is 1. The zero-order valence-electron chi connectivity index (χ0n) is 14.0. The van der Waals surface area contributed by atoms with Crippen molar-refractivity contribution in [3.8, 4) is 5.75 Å². The molecule has 128 valence electrons. The molecule has 1 aromatic carbocycles. The number of benzene rings is 1. The number of carbonyl (C=O) groups is 2. The van der Waals surface area contributed by atoms with Crippen molar-refractivity contribution in [1.82, 2.24) is 5.32 Å². The first-order valence-electron chi connectivity index (χ1n) is 7.69. The van der Waals surface area contributed by atoms with Crippen LogP contribution < -0.4 is 10.1 Å². The number of carboxylic acids is 1. The van der Waals surface area contributed by atoms with Crippen molar-refractivity contribution in [3.05, 3.63) is 53.0 Å². The second kappa shape index (κ2) is 7.68. The van der Waals surface area contributed by atoms with Crippen LogP contribution in [0.1, 0.15) is 51.8 Å². The molecule has 0 spiro atoms. The Bertz CT molecular complexity index is 733. The minimum atomic E-state index is -1.01. The van der Waals surface area contributed by atoms with Crippen LogP contribution in [0.15, 0.2) is 34.9 Å². The summed E-state index contributed by atoms with van der Waals surface area (Å²) in [5.41, 5.74) is 1.86. The predicted molar refractivity (Wildman–Crippen MR) is 88.8 cm³/mol. The number of carboxylic acid groups (broad SMARTS) is 1. The molecule has 1 aromatic heterocycles. The van der Waals surface area contributed by atoms with Gasteiger partial charge in [0, 0.05) is 12.1 Å². The maximum Gasteiger partial charge on any atom is 0.335 e. The van der Waals surface area contributed by atoms with Gasteiger partial charge in [0.15, 0.2) is 5.76 Å². The lowest BCUT2D eigenvalue weighted by Gasteiger charge is -2.10. The normalized spacial score (nSPS) is 10.7. The average molecular weight is 331 g/mol. The minimum absolute atomic E-state index is 0.164. The molecular weight excluding hydrogens is 310 g/mol. The Hall–Kier alpha value is -2.76. The van der Waals surface area contributed by atoms with Gasteiger partial charge in [-0.3, -0.25) is 4.79 Å². The predicted octanol–water partition coefficient (Wildman–Crippen LogP) is 3.08. The van der Waals surface area contributed by atoms with Gasteiger partial charge < -0.3 is 19.6 Å². The maximum absolute atomic E-state index is 12.2. The first kappa shape index (κ1) is 17.6. The Labute approximate surface area is 140 Å². The monoisotopic (exact) mass is 331 g/mol. The minimum Gasteiger partial charge on any atom is -0.496 e. The highest BCUT2D eigenvalue weighted by molar-refractivity contribution is 5.93. The molecule has 0 saturated heterocycles. The fraction of sp³-hybridized carbons (Fsp3) is 0.333. The SMILES string of the molecule is COc1cc(C(=O)O)ccc1CCNC(=O)c1occc1C(C)C. The third kappa shape index (κ3) is 3.95. The lowest BCUT2D eigenvalue weighted by molar-refractivity contribution is 0.0696. The van der Waals surface area contributed by atoms with Crippen LogP contribution in [0.3, 0.4) is 0 Å². The Morgan fingerprint density at radius 1 is 1.29 bits per heavy atom. The first-order valence-corrected chi connectivity index (χ1v) is 7.69. The topological polar surface area (TPSA) is 88.8 Å². The quantitative estimate of drug-likeness (QED) is 0.814. The summed E-state index contributed by atoms with van der Waals surface area (Å²) < 4.78 is 10.5. The molecule has 2 aromatic rings. The molecule has 0 unspecified atom stereocenters. The average Bonchev–Trinajstić information content (AvgIpc) is 3.04. The van der Waals surface area contributed by atoms with Gasteiger partial charge in [-0.15, -0.1) is 0 Å². The van der Waals surface area contributed by atoms with Gasteiger partial charge in [-0.25, -0.2) is 4.79 Å². The standard InChI is InChI=1S/C18H21NO5/c1-11(2)14-7-9-24-16(14)17(20)19-8-6-12-4-5-13(18(21)22)10-15(12)23-3/h4-5,7,9-11H,6,8H2,1-3H3,(H,19,20)(H,21,22). The zero-order valence-corrected chi connectivity index (χ0v) is 14.0. The van der Waals surface area contributed by atoms with Crippen molar-refractivity contribution < 1.29 is 23.8 Å². The highest BCUT2D eigenvalue weighted by Gasteiger charge is 2.17. The van der Waals surface area contributed by atoms with E-state index in [-0.39, 0.29) is 17.4 Å². The van der Waals surface area contributed by atoms with Gasteiger partial charge in [-0.1, -0.05) is 19.9 Å². The van der Waals surface area contributed by atoms with Crippen molar-refractivity contribution >= 4 is 11.9 Å². The van der Waals surface area contributed by atoms with E-state index in [1.165, 1.54) is 25.5 Å². The zero-order chi connectivity index (χ0) is 17.7. The summed E-state index contributed by atoms with van der Waals surface area (Å²) in [5, 5.41) is 11.8. The van der Waals surface area contributed by atoms with Gasteiger partial charge in [-0.2, -0.15) is 0 Å².